The lowest BCUT2D eigenvalue weighted by molar-refractivity contribution is -0.158. The quantitative estimate of drug-likeness (QED) is 0.797. The van der Waals surface area contributed by atoms with Crippen LogP contribution in [0.25, 0.3) is 0 Å². The summed E-state index contributed by atoms with van der Waals surface area (Å²) in [6.07, 6.45) is 0.296. The Bertz CT molecular complexity index is 535. The second-order valence-electron chi connectivity index (χ2n) is 5.21. The maximum Gasteiger partial charge on any atom is 0.328 e. The van der Waals surface area contributed by atoms with Gasteiger partial charge in [0.05, 0.1) is 6.61 Å². The van der Waals surface area contributed by atoms with E-state index in [-0.39, 0.29) is 12.2 Å². The van der Waals surface area contributed by atoms with Crippen molar-refractivity contribution in [1.29, 1.82) is 0 Å². The molecule has 1 aromatic carbocycles. The van der Waals surface area contributed by atoms with Crippen molar-refractivity contribution in [3.63, 3.8) is 0 Å². The summed E-state index contributed by atoms with van der Waals surface area (Å²) in [5, 5.41) is 0.478. The largest absolute Gasteiger partial charge is 0.464 e. The van der Waals surface area contributed by atoms with E-state index < -0.39 is 24.1 Å². The fourth-order valence-electron chi connectivity index (χ4n) is 2.60. The number of esters is 1. The lowest BCUT2D eigenvalue weighted by atomic mass is 10.00. The van der Waals surface area contributed by atoms with Crippen LogP contribution >= 0.6 is 11.6 Å². The van der Waals surface area contributed by atoms with Crippen molar-refractivity contribution in [2.45, 2.75) is 38.4 Å². The minimum absolute atomic E-state index is 0.239. The van der Waals surface area contributed by atoms with Crippen LogP contribution < -0.4 is 0 Å². The van der Waals surface area contributed by atoms with Crippen LogP contribution in [0.4, 0.5) is 4.39 Å². The molecule has 2 unspecified atom stereocenters. The fraction of sp³-hybridized carbons (Fsp3) is 0.500. The van der Waals surface area contributed by atoms with Crippen molar-refractivity contribution in [2.24, 2.45) is 0 Å². The molecule has 1 aliphatic heterocycles. The molecule has 6 heteroatoms. The number of carbonyl (C=O) groups excluding carboxylic acids is 2. The maximum absolute atomic E-state index is 14.5. The summed E-state index contributed by atoms with van der Waals surface area (Å²) < 4.78 is 19.5. The van der Waals surface area contributed by atoms with Gasteiger partial charge in [-0.1, -0.05) is 23.7 Å². The predicted molar refractivity (Wildman–Crippen MR) is 81.3 cm³/mol. The van der Waals surface area contributed by atoms with Gasteiger partial charge in [-0.05, 0) is 43.9 Å². The lowest BCUT2D eigenvalue weighted by Crippen LogP contribution is -2.49. The van der Waals surface area contributed by atoms with Crippen molar-refractivity contribution >= 4 is 23.5 Å². The van der Waals surface area contributed by atoms with E-state index in [2.05, 4.69) is 0 Å². The van der Waals surface area contributed by atoms with Crippen LogP contribution in [0.1, 0.15) is 37.9 Å². The van der Waals surface area contributed by atoms with E-state index in [9.17, 15) is 14.0 Å². The lowest BCUT2D eigenvalue weighted by Gasteiger charge is -2.34. The first kappa shape index (κ1) is 16.7. The molecule has 0 N–H and O–H groups in total. The second-order valence-corrected chi connectivity index (χ2v) is 5.65. The van der Waals surface area contributed by atoms with Crippen LogP contribution in [0.3, 0.4) is 0 Å². The number of ether oxygens (including phenoxy) is 1. The highest BCUT2D eigenvalue weighted by Gasteiger charge is 2.36. The number of hydrogen-bond acceptors (Lipinski definition) is 3. The van der Waals surface area contributed by atoms with Crippen molar-refractivity contribution in [2.75, 3.05) is 13.2 Å². The summed E-state index contributed by atoms with van der Waals surface area (Å²) in [4.78, 5) is 25.7. The highest BCUT2D eigenvalue weighted by molar-refractivity contribution is 6.30. The molecule has 0 aromatic heterocycles. The molecule has 2 atom stereocenters. The Morgan fingerprint density at radius 2 is 2.05 bits per heavy atom. The van der Waals surface area contributed by atoms with E-state index in [0.717, 1.165) is 12.8 Å². The predicted octanol–water partition coefficient (Wildman–Crippen LogP) is 3.29. The third-order valence-corrected chi connectivity index (χ3v) is 3.98. The number of likely N-dealkylation sites (tertiary alicyclic amines) is 1. The molecule has 1 fully saturated rings. The summed E-state index contributed by atoms with van der Waals surface area (Å²) in [7, 11) is 0. The molecule has 1 saturated heterocycles. The Morgan fingerprint density at radius 3 is 2.68 bits per heavy atom. The number of rotatable bonds is 4. The van der Waals surface area contributed by atoms with Gasteiger partial charge in [0.15, 0.2) is 0 Å². The van der Waals surface area contributed by atoms with Gasteiger partial charge in [-0.25, -0.2) is 9.18 Å². The molecule has 4 nitrogen and oxygen atoms in total. The van der Waals surface area contributed by atoms with Gasteiger partial charge in [0.1, 0.15) is 6.04 Å². The van der Waals surface area contributed by atoms with Gasteiger partial charge in [-0.3, -0.25) is 4.79 Å². The molecular formula is C16H19ClFNO3. The molecule has 1 aliphatic rings. The first-order chi connectivity index (χ1) is 10.5. The number of nitrogens with zero attached hydrogens (tertiary/aromatic N) is 1. The van der Waals surface area contributed by atoms with Crippen LogP contribution in [-0.2, 0) is 14.3 Å². The maximum atomic E-state index is 14.5. The first-order valence-corrected chi connectivity index (χ1v) is 7.79. The van der Waals surface area contributed by atoms with Crippen LogP contribution in [0.5, 0.6) is 0 Å². The summed E-state index contributed by atoms with van der Waals surface area (Å²) in [5.41, 5.74) is 0.239. The Morgan fingerprint density at radius 1 is 1.36 bits per heavy atom. The fourth-order valence-corrected chi connectivity index (χ4v) is 2.72. The van der Waals surface area contributed by atoms with Crippen LogP contribution in [-0.4, -0.2) is 36.0 Å². The molecule has 1 heterocycles. The molecular weight excluding hydrogens is 309 g/mol. The summed E-state index contributed by atoms with van der Waals surface area (Å²) in [6.45, 7) is 2.32. The second kappa shape index (κ2) is 7.58. The number of carbonyl (C=O) groups is 2. The molecule has 120 valence electrons. The Hall–Kier alpha value is -1.62. The van der Waals surface area contributed by atoms with E-state index in [1.54, 1.807) is 6.92 Å². The summed E-state index contributed by atoms with van der Waals surface area (Å²) in [6, 6.07) is 5.35. The molecule has 1 aromatic rings. The number of halogens is 2. The van der Waals surface area contributed by atoms with Crippen molar-refractivity contribution < 1.29 is 18.7 Å². The van der Waals surface area contributed by atoms with E-state index in [1.807, 2.05) is 0 Å². The number of benzene rings is 1. The van der Waals surface area contributed by atoms with Gasteiger partial charge in [0.25, 0.3) is 5.91 Å². The highest BCUT2D eigenvalue weighted by Crippen LogP contribution is 2.26. The van der Waals surface area contributed by atoms with Crippen LogP contribution in [0.2, 0.25) is 5.02 Å². The topological polar surface area (TPSA) is 46.6 Å². The molecule has 0 saturated carbocycles. The van der Waals surface area contributed by atoms with Crippen molar-refractivity contribution in [3.8, 4) is 0 Å². The zero-order valence-electron chi connectivity index (χ0n) is 12.4. The van der Waals surface area contributed by atoms with Gasteiger partial charge in [-0.15, -0.1) is 0 Å². The highest BCUT2D eigenvalue weighted by atomic mass is 35.5. The van der Waals surface area contributed by atoms with Crippen molar-refractivity contribution in [3.05, 3.63) is 34.9 Å². The van der Waals surface area contributed by atoms with Gasteiger partial charge in [-0.2, -0.15) is 0 Å². The third-order valence-electron chi connectivity index (χ3n) is 3.72. The molecule has 0 radical (unpaired) electrons. The Balaban J connectivity index is 2.14. The monoisotopic (exact) mass is 327 g/mol. The normalized spacial score (nSPS) is 19.6. The van der Waals surface area contributed by atoms with E-state index in [4.69, 9.17) is 16.3 Å². The van der Waals surface area contributed by atoms with Gasteiger partial charge < -0.3 is 9.64 Å². The third kappa shape index (κ3) is 3.77. The molecule has 2 rings (SSSR count). The molecule has 1 amide bonds. The Kier molecular flexibility index (Phi) is 5.77. The van der Waals surface area contributed by atoms with Crippen molar-refractivity contribution in [1.82, 2.24) is 4.90 Å². The first-order valence-electron chi connectivity index (χ1n) is 7.41. The SMILES string of the molecule is CCOC(=O)C1CCCCN1C(=O)C(F)c1ccc(Cl)cc1. The summed E-state index contributed by atoms with van der Waals surface area (Å²) in [5.74, 6) is -1.15. The molecule has 0 spiro atoms. The minimum Gasteiger partial charge on any atom is -0.464 e. The smallest absolute Gasteiger partial charge is 0.328 e. The van der Waals surface area contributed by atoms with E-state index in [1.165, 1.54) is 29.2 Å². The number of piperidine rings is 1. The molecule has 22 heavy (non-hydrogen) atoms. The zero-order chi connectivity index (χ0) is 16.1. The zero-order valence-corrected chi connectivity index (χ0v) is 13.2. The number of alkyl halides is 1. The van der Waals surface area contributed by atoms with Crippen LogP contribution in [0.15, 0.2) is 24.3 Å². The summed E-state index contributed by atoms with van der Waals surface area (Å²) >= 11 is 5.77. The van der Waals surface area contributed by atoms with Crippen LogP contribution in [0, 0.1) is 0 Å². The average Bonchev–Trinajstić information content (AvgIpc) is 2.54. The van der Waals surface area contributed by atoms with E-state index >= 15 is 0 Å². The number of amides is 1. The standard InChI is InChI=1S/C16H19ClFNO3/c1-2-22-16(21)13-5-3-4-10-19(13)15(20)14(18)11-6-8-12(17)9-7-11/h6-9,13-14H,2-5,10H2,1H3. The molecule has 0 aliphatic carbocycles. The van der Waals surface area contributed by atoms with Gasteiger partial charge >= 0.3 is 5.97 Å². The Labute approximate surface area is 134 Å². The minimum atomic E-state index is -1.80. The number of hydrogen-bond donors (Lipinski definition) is 0. The average molecular weight is 328 g/mol. The van der Waals surface area contributed by atoms with Gasteiger partial charge in [0.2, 0.25) is 6.17 Å². The van der Waals surface area contributed by atoms with E-state index in [0.29, 0.717) is 18.0 Å². The molecule has 0 bridgehead atoms. The van der Waals surface area contributed by atoms with Gasteiger partial charge in [0, 0.05) is 11.6 Å².